The van der Waals surface area contributed by atoms with Crippen LogP contribution < -0.4 is 5.32 Å². The van der Waals surface area contributed by atoms with E-state index < -0.39 is 0 Å². The summed E-state index contributed by atoms with van der Waals surface area (Å²) in [5.74, 6) is 0.809. The Kier molecular flexibility index (Phi) is 3.69. The van der Waals surface area contributed by atoms with Gasteiger partial charge in [-0.15, -0.1) is 6.58 Å². The molecule has 14 heavy (non-hydrogen) atoms. The zero-order valence-corrected chi connectivity index (χ0v) is 8.25. The molecule has 3 nitrogen and oxygen atoms in total. The maximum atomic E-state index is 8.70. The van der Waals surface area contributed by atoms with Gasteiger partial charge in [-0.25, -0.2) is 4.98 Å². The van der Waals surface area contributed by atoms with E-state index in [2.05, 4.69) is 22.9 Å². The maximum Gasteiger partial charge on any atom is 0.126 e. The van der Waals surface area contributed by atoms with Crippen LogP contribution in [0.5, 0.6) is 0 Å². The van der Waals surface area contributed by atoms with Crippen molar-refractivity contribution in [2.75, 3.05) is 11.9 Å². The number of anilines is 1. The van der Waals surface area contributed by atoms with Crippen LogP contribution in [0.2, 0.25) is 0 Å². The second-order valence-corrected chi connectivity index (χ2v) is 2.95. The average Bonchev–Trinajstić information content (AvgIpc) is 2.18. The number of pyridine rings is 1. The number of nitrogens with zero attached hydrogens (tertiary/aromatic N) is 2. The summed E-state index contributed by atoms with van der Waals surface area (Å²) in [7, 11) is 0. The van der Waals surface area contributed by atoms with Gasteiger partial charge < -0.3 is 5.32 Å². The lowest BCUT2D eigenvalue weighted by molar-refractivity contribution is 1.04. The molecule has 0 spiro atoms. The molecule has 0 saturated carbocycles. The number of nitriles is 1. The van der Waals surface area contributed by atoms with Gasteiger partial charge in [0.25, 0.3) is 0 Å². The summed E-state index contributed by atoms with van der Waals surface area (Å²) < 4.78 is 0. The van der Waals surface area contributed by atoms with Crippen LogP contribution in [-0.2, 0) is 0 Å². The van der Waals surface area contributed by atoms with Crippen LogP contribution in [0.4, 0.5) is 5.82 Å². The van der Waals surface area contributed by atoms with Crippen molar-refractivity contribution in [3.63, 3.8) is 0 Å². The van der Waals surface area contributed by atoms with Crippen LogP contribution in [0.1, 0.15) is 17.7 Å². The van der Waals surface area contributed by atoms with Crippen molar-refractivity contribution < 1.29 is 0 Å². The number of aryl methyl sites for hydroxylation is 1. The highest BCUT2D eigenvalue weighted by Gasteiger charge is 1.99. The van der Waals surface area contributed by atoms with Crippen LogP contribution >= 0.6 is 0 Å². The Morgan fingerprint density at radius 3 is 3.00 bits per heavy atom. The third kappa shape index (κ3) is 2.60. The molecular weight excluding hydrogens is 174 g/mol. The van der Waals surface area contributed by atoms with Crippen LogP contribution in [0.15, 0.2) is 24.8 Å². The molecule has 0 radical (unpaired) electrons. The average molecular weight is 187 g/mol. The highest BCUT2D eigenvalue weighted by Crippen LogP contribution is 2.09. The Balaban J connectivity index is 2.67. The standard InChI is InChI=1S/C11H13N3/c1-3-4-7-13-11-6-5-10(8-12)9(2)14-11/h3,5-6H,1,4,7H2,2H3,(H,13,14). The zero-order valence-electron chi connectivity index (χ0n) is 8.25. The molecule has 0 fully saturated rings. The third-order valence-corrected chi connectivity index (χ3v) is 1.86. The summed E-state index contributed by atoms with van der Waals surface area (Å²) in [6.45, 7) is 6.29. The van der Waals surface area contributed by atoms with Crippen molar-refractivity contribution >= 4 is 5.82 Å². The van der Waals surface area contributed by atoms with Crippen molar-refractivity contribution in [3.05, 3.63) is 36.0 Å². The summed E-state index contributed by atoms with van der Waals surface area (Å²) in [4.78, 5) is 4.25. The fraction of sp³-hybridized carbons (Fsp3) is 0.273. The minimum absolute atomic E-state index is 0.624. The number of rotatable bonds is 4. The van der Waals surface area contributed by atoms with Crippen molar-refractivity contribution in [3.8, 4) is 6.07 Å². The topological polar surface area (TPSA) is 48.7 Å². The Bertz CT molecular complexity index is 363. The Labute approximate surface area is 84.1 Å². The second-order valence-electron chi connectivity index (χ2n) is 2.95. The second kappa shape index (κ2) is 5.03. The SMILES string of the molecule is C=CCCNc1ccc(C#N)c(C)n1. The van der Waals surface area contributed by atoms with Crippen molar-refractivity contribution in [2.24, 2.45) is 0 Å². The molecule has 0 atom stereocenters. The lowest BCUT2D eigenvalue weighted by atomic mass is 10.2. The normalized spacial score (nSPS) is 9.14. The first-order chi connectivity index (χ1) is 6.77. The van der Waals surface area contributed by atoms with E-state index in [1.165, 1.54) is 0 Å². The predicted molar refractivity (Wildman–Crippen MR) is 57.0 cm³/mol. The zero-order chi connectivity index (χ0) is 10.4. The molecule has 0 aliphatic rings. The molecule has 1 heterocycles. The van der Waals surface area contributed by atoms with E-state index in [4.69, 9.17) is 5.26 Å². The molecular formula is C11H13N3. The Morgan fingerprint density at radius 1 is 1.64 bits per heavy atom. The summed E-state index contributed by atoms with van der Waals surface area (Å²) in [5, 5.41) is 11.8. The van der Waals surface area contributed by atoms with Gasteiger partial charge in [0.2, 0.25) is 0 Å². The van der Waals surface area contributed by atoms with Gasteiger partial charge in [-0.3, -0.25) is 0 Å². The lowest BCUT2D eigenvalue weighted by Crippen LogP contribution is -2.03. The number of hydrogen-bond acceptors (Lipinski definition) is 3. The number of hydrogen-bond donors (Lipinski definition) is 1. The lowest BCUT2D eigenvalue weighted by Gasteiger charge is -2.04. The van der Waals surface area contributed by atoms with Crippen LogP contribution in [0.25, 0.3) is 0 Å². The fourth-order valence-corrected chi connectivity index (χ4v) is 1.08. The van der Waals surface area contributed by atoms with E-state index in [0.717, 1.165) is 24.5 Å². The number of aromatic nitrogens is 1. The predicted octanol–water partition coefficient (Wildman–Crippen LogP) is 2.25. The summed E-state index contributed by atoms with van der Waals surface area (Å²) in [5.41, 5.74) is 1.38. The third-order valence-electron chi connectivity index (χ3n) is 1.86. The molecule has 72 valence electrons. The molecule has 0 amide bonds. The largest absolute Gasteiger partial charge is 0.370 e. The minimum atomic E-state index is 0.624. The van der Waals surface area contributed by atoms with Crippen LogP contribution in [0, 0.1) is 18.3 Å². The van der Waals surface area contributed by atoms with Gasteiger partial charge >= 0.3 is 0 Å². The molecule has 1 aromatic rings. The van der Waals surface area contributed by atoms with Gasteiger partial charge in [-0.05, 0) is 25.5 Å². The maximum absolute atomic E-state index is 8.70. The Hall–Kier alpha value is -1.82. The highest BCUT2D eigenvalue weighted by molar-refractivity contribution is 5.42. The molecule has 1 N–H and O–H groups in total. The molecule has 0 saturated heterocycles. The van der Waals surface area contributed by atoms with E-state index in [-0.39, 0.29) is 0 Å². The first kappa shape index (κ1) is 10.3. The van der Waals surface area contributed by atoms with Crippen molar-refractivity contribution in [2.45, 2.75) is 13.3 Å². The van der Waals surface area contributed by atoms with E-state index >= 15 is 0 Å². The molecule has 0 aromatic carbocycles. The molecule has 0 bridgehead atoms. The van der Waals surface area contributed by atoms with Gasteiger partial charge in [0.05, 0.1) is 11.3 Å². The molecule has 3 heteroatoms. The van der Waals surface area contributed by atoms with E-state index in [1.54, 1.807) is 6.07 Å². The highest BCUT2D eigenvalue weighted by atomic mass is 15.0. The van der Waals surface area contributed by atoms with Gasteiger partial charge in [0.15, 0.2) is 0 Å². The summed E-state index contributed by atoms with van der Waals surface area (Å²) >= 11 is 0. The van der Waals surface area contributed by atoms with Crippen LogP contribution in [-0.4, -0.2) is 11.5 Å². The fourth-order valence-electron chi connectivity index (χ4n) is 1.08. The first-order valence-electron chi connectivity index (χ1n) is 4.50. The van der Waals surface area contributed by atoms with Gasteiger partial charge in [-0.1, -0.05) is 6.08 Å². The summed E-state index contributed by atoms with van der Waals surface area (Å²) in [6.07, 6.45) is 2.75. The van der Waals surface area contributed by atoms with E-state index in [0.29, 0.717) is 5.56 Å². The summed E-state index contributed by atoms with van der Waals surface area (Å²) in [6, 6.07) is 5.67. The monoisotopic (exact) mass is 187 g/mol. The first-order valence-corrected chi connectivity index (χ1v) is 4.50. The van der Waals surface area contributed by atoms with Gasteiger partial charge in [-0.2, -0.15) is 5.26 Å². The van der Waals surface area contributed by atoms with Crippen LogP contribution in [0.3, 0.4) is 0 Å². The van der Waals surface area contributed by atoms with Crippen molar-refractivity contribution in [1.29, 1.82) is 5.26 Å². The van der Waals surface area contributed by atoms with E-state index in [9.17, 15) is 0 Å². The Morgan fingerprint density at radius 2 is 2.43 bits per heavy atom. The quantitative estimate of drug-likeness (QED) is 0.581. The molecule has 0 aliphatic carbocycles. The van der Waals surface area contributed by atoms with Gasteiger partial charge in [0.1, 0.15) is 11.9 Å². The smallest absolute Gasteiger partial charge is 0.126 e. The minimum Gasteiger partial charge on any atom is -0.370 e. The van der Waals surface area contributed by atoms with Gasteiger partial charge in [0, 0.05) is 6.54 Å². The molecule has 0 unspecified atom stereocenters. The van der Waals surface area contributed by atoms with Crippen molar-refractivity contribution in [1.82, 2.24) is 4.98 Å². The molecule has 1 rings (SSSR count). The molecule has 0 aliphatic heterocycles. The molecule has 1 aromatic heterocycles. The number of nitrogens with one attached hydrogen (secondary N) is 1. The van der Waals surface area contributed by atoms with E-state index in [1.807, 2.05) is 19.1 Å².